The second kappa shape index (κ2) is 3.75. The van der Waals surface area contributed by atoms with E-state index >= 15 is 0 Å². The first-order chi connectivity index (χ1) is 6.07. The molecule has 1 aromatic rings. The zero-order valence-electron chi connectivity index (χ0n) is 8.76. The van der Waals surface area contributed by atoms with Gasteiger partial charge in [0.05, 0.1) is 12.2 Å². The van der Waals surface area contributed by atoms with Crippen LogP contribution in [0.1, 0.15) is 24.2 Å². The molecule has 0 aliphatic carbocycles. The first-order valence-electron chi connectivity index (χ1n) is 4.39. The van der Waals surface area contributed by atoms with Crippen LogP contribution < -0.4 is 5.32 Å². The molecule has 1 heterocycles. The van der Waals surface area contributed by atoms with Gasteiger partial charge in [0.25, 0.3) is 0 Å². The summed E-state index contributed by atoms with van der Waals surface area (Å²) in [5, 5.41) is 7.42. The molecule has 0 bridgehead atoms. The van der Waals surface area contributed by atoms with E-state index < -0.39 is 0 Å². The van der Waals surface area contributed by atoms with Crippen molar-refractivity contribution >= 4 is 0 Å². The molecular weight excluding hydrogens is 162 g/mol. The molecule has 0 saturated carbocycles. The molecule has 1 unspecified atom stereocenters. The quantitative estimate of drug-likeness (QED) is 0.714. The van der Waals surface area contributed by atoms with Gasteiger partial charge in [-0.1, -0.05) is 12.2 Å². The highest BCUT2D eigenvalue weighted by molar-refractivity contribution is 5.27. The van der Waals surface area contributed by atoms with E-state index in [-0.39, 0.29) is 6.04 Å². The normalized spacial score (nSPS) is 12.9. The van der Waals surface area contributed by atoms with Gasteiger partial charge in [-0.15, -0.1) is 0 Å². The van der Waals surface area contributed by atoms with Crippen LogP contribution in [-0.2, 0) is 7.05 Å². The molecular formula is C10H17N3. The van der Waals surface area contributed by atoms with Crippen molar-refractivity contribution < 1.29 is 0 Å². The van der Waals surface area contributed by atoms with Crippen LogP contribution in [0.5, 0.6) is 0 Å². The zero-order chi connectivity index (χ0) is 10.0. The lowest BCUT2D eigenvalue weighted by Gasteiger charge is -2.15. The Kier molecular flexibility index (Phi) is 2.88. The lowest BCUT2D eigenvalue weighted by Crippen LogP contribution is -2.17. The Balaban J connectivity index is 3.05. The molecule has 1 atom stereocenters. The van der Waals surface area contributed by atoms with Gasteiger partial charge in [0.15, 0.2) is 0 Å². The topological polar surface area (TPSA) is 29.9 Å². The number of rotatable bonds is 3. The molecule has 1 N–H and O–H groups in total. The Morgan fingerprint density at radius 2 is 2.31 bits per heavy atom. The number of aryl methyl sites for hydroxylation is 1. The van der Waals surface area contributed by atoms with Gasteiger partial charge in [0.2, 0.25) is 0 Å². The molecule has 0 saturated heterocycles. The average Bonchev–Trinajstić information content (AvgIpc) is 2.37. The van der Waals surface area contributed by atoms with Crippen molar-refractivity contribution in [3.63, 3.8) is 0 Å². The zero-order valence-corrected chi connectivity index (χ0v) is 8.76. The predicted octanol–water partition coefficient (Wildman–Crippen LogP) is 1.57. The van der Waals surface area contributed by atoms with E-state index in [1.165, 1.54) is 11.3 Å². The summed E-state index contributed by atoms with van der Waals surface area (Å²) < 4.78 is 1.88. The Labute approximate surface area is 79.5 Å². The highest BCUT2D eigenvalue weighted by Crippen LogP contribution is 2.21. The number of aromatic nitrogens is 2. The summed E-state index contributed by atoms with van der Waals surface area (Å²) in [6.45, 7) is 8.04. The van der Waals surface area contributed by atoms with Crippen LogP contribution in [0.3, 0.4) is 0 Å². The Hall–Kier alpha value is -1.09. The number of nitrogens with one attached hydrogen (secondary N) is 1. The van der Waals surface area contributed by atoms with Crippen LogP contribution in [-0.4, -0.2) is 16.8 Å². The molecule has 0 spiro atoms. The van der Waals surface area contributed by atoms with Crippen LogP contribution >= 0.6 is 0 Å². The number of hydrogen-bond donors (Lipinski definition) is 1. The first kappa shape index (κ1) is 9.99. The van der Waals surface area contributed by atoms with Crippen molar-refractivity contribution in [2.75, 3.05) is 7.05 Å². The van der Waals surface area contributed by atoms with Crippen molar-refractivity contribution in [1.82, 2.24) is 15.1 Å². The summed E-state index contributed by atoms with van der Waals surface area (Å²) in [7, 11) is 3.88. The summed E-state index contributed by atoms with van der Waals surface area (Å²) in [6.07, 6.45) is 1.89. The fraction of sp³-hybridized carbons (Fsp3) is 0.500. The highest BCUT2D eigenvalue weighted by atomic mass is 15.3. The molecule has 3 nitrogen and oxygen atoms in total. The van der Waals surface area contributed by atoms with Crippen molar-refractivity contribution in [3.8, 4) is 0 Å². The summed E-state index contributed by atoms with van der Waals surface area (Å²) >= 11 is 0. The Morgan fingerprint density at radius 1 is 1.69 bits per heavy atom. The molecule has 0 radical (unpaired) electrons. The second-order valence-electron chi connectivity index (χ2n) is 3.38. The molecule has 1 rings (SSSR count). The predicted molar refractivity (Wildman–Crippen MR) is 54.6 cm³/mol. The van der Waals surface area contributed by atoms with Crippen molar-refractivity contribution in [3.05, 3.63) is 29.6 Å². The monoisotopic (exact) mass is 179 g/mol. The smallest absolute Gasteiger partial charge is 0.0562 e. The molecule has 0 aliphatic heterocycles. The third-order valence-corrected chi connectivity index (χ3v) is 2.37. The molecule has 0 aromatic carbocycles. The molecule has 1 aromatic heterocycles. The Morgan fingerprint density at radius 3 is 2.62 bits per heavy atom. The summed E-state index contributed by atoms with van der Waals surface area (Å²) in [4.78, 5) is 0. The highest BCUT2D eigenvalue weighted by Gasteiger charge is 2.14. The van der Waals surface area contributed by atoms with Crippen LogP contribution in [0.2, 0.25) is 0 Å². The van der Waals surface area contributed by atoms with Gasteiger partial charge in [-0.3, -0.25) is 4.68 Å². The van der Waals surface area contributed by atoms with E-state index in [0.29, 0.717) is 0 Å². The summed E-state index contributed by atoms with van der Waals surface area (Å²) in [5.74, 6) is 0. The van der Waals surface area contributed by atoms with Crippen LogP contribution in [0, 0.1) is 6.92 Å². The number of nitrogens with zero attached hydrogens (tertiary/aromatic N) is 2. The first-order valence-corrected chi connectivity index (χ1v) is 4.39. The van der Waals surface area contributed by atoms with Gasteiger partial charge in [-0.2, -0.15) is 5.10 Å². The third-order valence-electron chi connectivity index (χ3n) is 2.37. The molecule has 72 valence electrons. The van der Waals surface area contributed by atoms with Gasteiger partial charge in [0, 0.05) is 18.3 Å². The van der Waals surface area contributed by atoms with Crippen molar-refractivity contribution in [1.29, 1.82) is 0 Å². The lowest BCUT2D eigenvalue weighted by atomic mass is 10.0. The maximum Gasteiger partial charge on any atom is 0.0562 e. The van der Waals surface area contributed by atoms with Gasteiger partial charge in [-0.05, 0) is 20.9 Å². The van der Waals surface area contributed by atoms with E-state index in [1.807, 2.05) is 31.9 Å². The van der Waals surface area contributed by atoms with Gasteiger partial charge < -0.3 is 5.32 Å². The van der Waals surface area contributed by atoms with Crippen LogP contribution in [0.15, 0.2) is 18.3 Å². The second-order valence-corrected chi connectivity index (χ2v) is 3.38. The largest absolute Gasteiger partial charge is 0.310 e. The summed E-state index contributed by atoms with van der Waals surface area (Å²) in [5.41, 5.74) is 3.50. The van der Waals surface area contributed by atoms with Gasteiger partial charge in [0.1, 0.15) is 0 Å². The fourth-order valence-corrected chi connectivity index (χ4v) is 1.47. The van der Waals surface area contributed by atoms with Crippen LogP contribution in [0.25, 0.3) is 0 Å². The van der Waals surface area contributed by atoms with E-state index in [0.717, 1.165) is 5.57 Å². The van der Waals surface area contributed by atoms with E-state index in [9.17, 15) is 0 Å². The maximum absolute atomic E-state index is 4.20. The number of hydrogen-bond acceptors (Lipinski definition) is 2. The average molecular weight is 179 g/mol. The van der Waals surface area contributed by atoms with Gasteiger partial charge >= 0.3 is 0 Å². The maximum atomic E-state index is 4.20. The molecule has 13 heavy (non-hydrogen) atoms. The molecule has 3 heteroatoms. The minimum Gasteiger partial charge on any atom is -0.310 e. The number of likely N-dealkylation sites (N-methyl/N-ethyl adjacent to an activating group) is 1. The van der Waals surface area contributed by atoms with Crippen molar-refractivity contribution in [2.24, 2.45) is 7.05 Å². The standard InChI is InChI=1S/C10H17N3/c1-7(2)10(11-4)9-6-12-13(5)8(9)3/h6,10-11H,1H2,2-5H3. The molecule has 0 fully saturated rings. The van der Waals surface area contributed by atoms with E-state index in [4.69, 9.17) is 0 Å². The lowest BCUT2D eigenvalue weighted by molar-refractivity contribution is 0.669. The van der Waals surface area contributed by atoms with E-state index in [1.54, 1.807) is 0 Å². The van der Waals surface area contributed by atoms with Crippen LogP contribution in [0.4, 0.5) is 0 Å². The van der Waals surface area contributed by atoms with Crippen molar-refractivity contribution in [2.45, 2.75) is 19.9 Å². The minimum atomic E-state index is 0.216. The molecule has 0 aliphatic rings. The van der Waals surface area contributed by atoms with E-state index in [2.05, 4.69) is 23.9 Å². The third kappa shape index (κ3) is 1.80. The Bertz CT molecular complexity index is 312. The molecule has 0 amide bonds. The fourth-order valence-electron chi connectivity index (χ4n) is 1.47. The minimum absolute atomic E-state index is 0.216. The van der Waals surface area contributed by atoms with Gasteiger partial charge in [-0.25, -0.2) is 0 Å². The SMILES string of the molecule is C=C(C)C(NC)c1cnn(C)c1C. The summed E-state index contributed by atoms with van der Waals surface area (Å²) in [6, 6.07) is 0.216.